The molecule has 1 heterocycles. The normalized spacial score (nSPS) is 12.7. The van der Waals surface area contributed by atoms with Crippen LogP contribution in [0.25, 0.3) is 0 Å². The van der Waals surface area contributed by atoms with Gasteiger partial charge < -0.3 is 0 Å². The minimum absolute atomic E-state index is 0.252. The van der Waals surface area contributed by atoms with Gasteiger partial charge in [-0.05, 0) is 45.1 Å². The Hall–Kier alpha value is -0.460. The number of nitrogens with one attached hydrogen (secondary N) is 1. The first-order valence-electron chi connectivity index (χ1n) is 4.77. The molecule has 1 aromatic carbocycles. The van der Waals surface area contributed by atoms with Crippen molar-refractivity contribution in [3.8, 4) is 0 Å². The molecule has 6 heteroatoms. The lowest BCUT2D eigenvalue weighted by Gasteiger charge is -2.17. The van der Waals surface area contributed by atoms with Crippen LogP contribution < -0.4 is 11.3 Å². The largest absolute Gasteiger partial charge is 0.271 e. The molecular formula is C11H9BrClFN2S. The molecule has 0 aliphatic heterocycles. The highest BCUT2D eigenvalue weighted by molar-refractivity contribution is 9.10. The van der Waals surface area contributed by atoms with Gasteiger partial charge in [-0.25, -0.2) is 9.82 Å². The van der Waals surface area contributed by atoms with Crippen molar-refractivity contribution in [2.24, 2.45) is 5.84 Å². The van der Waals surface area contributed by atoms with Crippen LogP contribution in [0.3, 0.4) is 0 Å². The lowest BCUT2D eigenvalue weighted by atomic mass is 10.1. The number of hydrogen-bond acceptors (Lipinski definition) is 3. The molecule has 1 unspecified atom stereocenters. The quantitative estimate of drug-likeness (QED) is 0.660. The Morgan fingerprint density at radius 1 is 1.41 bits per heavy atom. The van der Waals surface area contributed by atoms with E-state index in [0.29, 0.717) is 5.02 Å². The number of thiophene rings is 1. The van der Waals surface area contributed by atoms with Crippen LogP contribution in [0.15, 0.2) is 34.1 Å². The summed E-state index contributed by atoms with van der Waals surface area (Å²) in [5.74, 6) is 5.19. The summed E-state index contributed by atoms with van der Waals surface area (Å²) in [6, 6.07) is 5.96. The average Bonchev–Trinajstić information content (AvgIpc) is 2.69. The summed E-state index contributed by atoms with van der Waals surface area (Å²) >= 11 is 11.0. The highest BCUT2D eigenvalue weighted by Gasteiger charge is 2.19. The van der Waals surface area contributed by atoms with Crippen LogP contribution in [0.5, 0.6) is 0 Å². The maximum atomic E-state index is 13.0. The van der Waals surface area contributed by atoms with Gasteiger partial charge in [-0.1, -0.05) is 17.7 Å². The summed E-state index contributed by atoms with van der Waals surface area (Å²) in [6.45, 7) is 0. The Morgan fingerprint density at radius 2 is 2.18 bits per heavy atom. The van der Waals surface area contributed by atoms with Crippen molar-refractivity contribution in [2.75, 3.05) is 0 Å². The minimum Gasteiger partial charge on any atom is -0.271 e. The summed E-state index contributed by atoms with van der Waals surface area (Å²) in [6.07, 6.45) is 0. The van der Waals surface area contributed by atoms with E-state index in [0.717, 1.165) is 14.9 Å². The van der Waals surface area contributed by atoms with Crippen molar-refractivity contribution < 1.29 is 4.39 Å². The lowest BCUT2D eigenvalue weighted by Crippen LogP contribution is -2.28. The molecule has 0 aliphatic carbocycles. The van der Waals surface area contributed by atoms with Gasteiger partial charge in [-0.2, -0.15) is 0 Å². The van der Waals surface area contributed by atoms with Crippen molar-refractivity contribution in [1.82, 2.24) is 5.43 Å². The zero-order chi connectivity index (χ0) is 12.4. The molecule has 0 fully saturated rings. The highest BCUT2D eigenvalue weighted by atomic mass is 79.9. The van der Waals surface area contributed by atoms with Crippen molar-refractivity contribution in [1.29, 1.82) is 0 Å². The fraction of sp³-hybridized carbons (Fsp3) is 0.0909. The molecule has 3 N–H and O–H groups in total. The van der Waals surface area contributed by atoms with Crippen LogP contribution in [-0.4, -0.2) is 0 Å². The molecule has 0 aliphatic rings. The van der Waals surface area contributed by atoms with Gasteiger partial charge in [-0.15, -0.1) is 11.3 Å². The van der Waals surface area contributed by atoms with E-state index in [9.17, 15) is 4.39 Å². The summed E-state index contributed by atoms with van der Waals surface area (Å²) in [7, 11) is 0. The maximum absolute atomic E-state index is 13.0. The van der Waals surface area contributed by atoms with E-state index in [1.54, 1.807) is 17.4 Å². The average molecular weight is 336 g/mol. The van der Waals surface area contributed by atoms with Gasteiger partial charge in [0.2, 0.25) is 0 Å². The third-order valence-electron chi connectivity index (χ3n) is 2.35. The fourth-order valence-corrected chi connectivity index (χ4v) is 3.51. The molecular weight excluding hydrogens is 327 g/mol. The van der Waals surface area contributed by atoms with Crippen LogP contribution in [-0.2, 0) is 0 Å². The van der Waals surface area contributed by atoms with Gasteiger partial charge in [0.1, 0.15) is 5.82 Å². The van der Waals surface area contributed by atoms with E-state index in [-0.39, 0.29) is 11.9 Å². The Morgan fingerprint density at radius 3 is 2.71 bits per heavy atom. The van der Waals surface area contributed by atoms with E-state index < -0.39 is 0 Å². The fourth-order valence-electron chi connectivity index (χ4n) is 1.55. The smallest absolute Gasteiger partial charge is 0.124 e. The Kier molecular flexibility index (Phi) is 4.17. The first-order chi connectivity index (χ1) is 8.13. The van der Waals surface area contributed by atoms with Gasteiger partial charge in [0.05, 0.1) is 6.04 Å². The first-order valence-corrected chi connectivity index (χ1v) is 6.82. The van der Waals surface area contributed by atoms with E-state index in [2.05, 4.69) is 21.4 Å². The summed E-state index contributed by atoms with van der Waals surface area (Å²) < 4.78 is 13.9. The second-order valence-electron chi connectivity index (χ2n) is 3.40. The summed E-state index contributed by atoms with van der Waals surface area (Å²) in [5, 5.41) is 2.30. The third kappa shape index (κ3) is 2.69. The molecule has 2 aromatic rings. The van der Waals surface area contributed by atoms with Gasteiger partial charge in [0.15, 0.2) is 0 Å². The van der Waals surface area contributed by atoms with Gasteiger partial charge >= 0.3 is 0 Å². The lowest BCUT2D eigenvalue weighted by molar-refractivity contribution is 0.618. The molecule has 1 atom stereocenters. The van der Waals surface area contributed by atoms with Crippen molar-refractivity contribution in [2.45, 2.75) is 6.04 Å². The predicted octanol–water partition coefficient (Wildman–Crippen LogP) is 3.86. The molecule has 0 amide bonds. The van der Waals surface area contributed by atoms with Gasteiger partial charge in [-0.3, -0.25) is 5.84 Å². The summed E-state index contributed by atoms with van der Waals surface area (Å²) in [5.41, 5.74) is 3.44. The third-order valence-corrected chi connectivity index (χ3v) is 4.61. The second kappa shape index (κ2) is 5.46. The van der Waals surface area contributed by atoms with E-state index in [1.165, 1.54) is 12.1 Å². The molecule has 0 saturated heterocycles. The summed E-state index contributed by atoms with van der Waals surface area (Å²) in [4.78, 5) is 1.00. The number of nitrogens with two attached hydrogens (primary N) is 1. The number of hydrazine groups is 1. The van der Waals surface area contributed by atoms with Crippen molar-refractivity contribution in [3.05, 3.63) is 55.4 Å². The molecule has 17 heavy (non-hydrogen) atoms. The van der Waals surface area contributed by atoms with Crippen LogP contribution in [0.1, 0.15) is 16.5 Å². The van der Waals surface area contributed by atoms with Crippen LogP contribution in [0, 0.1) is 5.82 Å². The Labute approximate surface area is 116 Å². The highest BCUT2D eigenvalue weighted by Crippen LogP contribution is 2.35. The Balaban J connectivity index is 2.46. The van der Waals surface area contributed by atoms with Crippen LogP contribution in [0.2, 0.25) is 5.02 Å². The minimum atomic E-state index is -0.361. The molecule has 0 saturated carbocycles. The molecule has 0 radical (unpaired) electrons. The first kappa shape index (κ1) is 13.0. The molecule has 0 bridgehead atoms. The Bertz CT molecular complexity index is 532. The zero-order valence-electron chi connectivity index (χ0n) is 8.58. The van der Waals surface area contributed by atoms with Gasteiger partial charge in [0, 0.05) is 14.4 Å². The standard InChI is InChI=1S/C11H9BrClFN2S/c12-8-3-4-17-11(8)10(16-15)7-2-1-6(14)5-9(7)13/h1-5,10,16H,15H2. The molecule has 90 valence electrons. The number of halogens is 3. The number of hydrogen-bond donors (Lipinski definition) is 2. The maximum Gasteiger partial charge on any atom is 0.124 e. The molecule has 0 spiro atoms. The number of rotatable bonds is 3. The van der Waals surface area contributed by atoms with Crippen molar-refractivity contribution in [3.63, 3.8) is 0 Å². The monoisotopic (exact) mass is 334 g/mol. The predicted molar refractivity (Wildman–Crippen MR) is 72.6 cm³/mol. The molecule has 2 rings (SSSR count). The topological polar surface area (TPSA) is 38.0 Å². The SMILES string of the molecule is NNC(c1ccc(F)cc1Cl)c1sccc1Br. The second-order valence-corrected chi connectivity index (χ2v) is 5.61. The van der Waals surface area contributed by atoms with Crippen molar-refractivity contribution >= 4 is 38.9 Å². The van der Waals surface area contributed by atoms with E-state index >= 15 is 0 Å². The van der Waals surface area contributed by atoms with Crippen LogP contribution in [0.4, 0.5) is 4.39 Å². The van der Waals surface area contributed by atoms with E-state index in [1.807, 2.05) is 11.4 Å². The van der Waals surface area contributed by atoms with E-state index in [4.69, 9.17) is 17.4 Å². The van der Waals surface area contributed by atoms with Crippen LogP contribution >= 0.6 is 38.9 Å². The number of benzene rings is 1. The zero-order valence-corrected chi connectivity index (χ0v) is 11.7. The molecule has 2 nitrogen and oxygen atoms in total. The molecule has 1 aromatic heterocycles. The van der Waals surface area contributed by atoms with Gasteiger partial charge in [0.25, 0.3) is 0 Å².